The van der Waals surface area contributed by atoms with Gasteiger partial charge in [-0.25, -0.2) is 4.79 Å². The second-order valence-corrected chi connectivity index (χ2v) is 9.26. The number of amides is 3. The molecule has 2 heterocycles. The largest absolute Gasteiger partial charge is 0.447 e. The molecule has 0 radical (unpaired) electrons. The summed E-state index contributed by atoms with van der Waals surface area (Å²) in [6.07, 6.45) is 0.332. The van der Waals surface area contributed by atoms with Crippen LogP contribution in [0.2, 0.25) is 0 Å². The van der Waals surface area contributed by atoms with Crippen molar-refractivity contribution in [2.45, 2.75) is 39.2 Å². The van der Waals surface area contributed by atoms with Gasteiger partial charge in [-0.2, -0.15) is 0 Å². The monoisotopic (exact) mass is 435 g/mol. The van der Waals surface area contributed by atoms with E-state index in [0.29, 0.717) is 38.2 Å². The smallest absolute Gasteiger partial charge is 0.414 e. The third-order valence-electron chi connectivity index (χ3n) is 6.06. The third kappa shape index (κ3) is 4.47. The van der Waals surface area contributed by atoms with Crippen LogP contribution in [-0.4, -0.2) is 49.0 Å². The number of fused-ring (bicyclic) bond motifs is 1. The predicted molar refractivity (Wildman–Crippen MR) is 122 cm³/mol. The summed E-state index contributed by atoms with van der Waals surface area (Å²) < 4.78 is 5.07. The van der Waals surface area contributed by atoms with Gasteiger partial charge in [-0.15, -0.1) is 0 Å². The number of carbonyl (C=O) groups is 3. The van der Waals surface area contributed by atoms with Crippen LogP contribution in [0.4, 0.5) is 10.5 Å². The van der Waals surface area contributed by atoms with Crippen LogP contribution >= 0.6 is 0 Å². The van der Waals surface area contributed by atoms with Crippen LogP contribution in [0.1, 0.15) is 47.8 Å². The first-order chi connectivity index (χ1) is 15.2. The summed E-state index contributed by atoms with van der Waals surface area (Å²) in [5.74, 6) is -0.382. The van der Waals surface area contributed by atoms with Gasteiger partial charge < -0.3 is 15.0 Å². The molecule has 1 saturated heterocycles. The number of anilines is 1. The van der Waals surface area contributed by atoms with Crippen molar-refractivity contribution in [2.24, 2.45) is 0 Å². The number of nitrogens with one attached hydrogen (secondary N) is 1. The van der Waals surface area contributed by atoms with E-state index in [-0.39, 0.29) is 29.9 Å². The molecule has 7 nitrogen and oxygen atoms in total. The Morgan fingerprint density at radius 2 is 1.81 bits per heavy atom. The van der Waals surface area contributed by atoms with Gasteiger partial charge in [-0.3, -0.25) is 14.5 Å². The quantitative estimate of drug-likeness (QED) is 0.800. The van der Waals surface area contributed by atoms with E-state index >= 15 is 0 Å². The molecule has 7 heteroatoms. The van der Waals surface area contributed by atoms with Gasteiger partial charge in [0.15, 0.2) is 0 Å². The number of cyclic esters (lactones) is 1. The normalized spacial score (nSPS) is 15.9. The lowest BCUT2D eigenvalue weighted by molar-refractivity contribution is -0.131. The topological polar surface area (TPSA) is 79.0 Å². The van der Waals surface area contributed by atoms with Gasteiger partial charge in [-0.1, -0.05) is 45.0 Å². The van der Waals surface area contributed by atoms with Crippen molar-refractivity contribution >= 4 is 23.6 Å². The summed E-state index contributed by atoms with van der Waals surface area (Å²) in [4.78, 5) is 40.6. The SMILES string of the molecule is CC(C)(C)c1ccc(C(=O)NCC(=O)N2CCc3c(cccc3N3CCOC3=O)C2)cc1. The van der Waals surface area contributed by atoms with Crippen molar-refractivity contribution in [1.82, 2.24) is 10.2 Å². The molecule has 0 unspecified atom stereocenters. The Labute approximate surface area is 188 Å². The zero-order valence-electron chi connectivity index (χ0n) is 18.8. The molecule has 168 valence electrons. The van der Waals surface area contributed by atoms with Crippen LogP contribution in [-0.2, 0) is 27.9 Å². The van der Waals surface area contributed by atoms with Crippen molar-refractivity contribution in [3.63, 3.8) is 0 Å². The maximum Gasteiger partial charge on any atom is 0.414 e. The lowest BCUT2D eigenvalue weighted by Gasteiger charge is -2.31. The van der Waals surface area contributed by atoms with E-state index in [9.17, 15) is 14.4 Å². The van der Waals surface area contributed by atoms with Crippen LogP contribution in [0.3, 0.4) is 0 Å². The van der Waals surface area contributed by atoms with E-state index < -0.39 is 0 Å². The predicted octanol–water partition coefficient (Wildman–Crippen LogP) is 3.26. The third-order valence-corrected chi connectivity index (χ3v) is 6.06. The van der Waals surface area contributed by atoms with Gasteiger partial charge in [0.2, 0.25) is 5.91 Å². The number of nitrogens with zero attached hydrogens (tertiary/aromatic N) is 2. The fourth-order valence-corrected chi connectivity index (χ4v) is 4.16. The Balaban J connectivity index is 1.36. The Morgan fingerprint density at radius 1 is 1.06 bits per heavy atom. The highest BCUT2D eigenvalue weighted by molar-refractivity contribution is 5.96. The Kier molecular flexibility index (Phi) is 5.91. The van der Waals surface area contributed by atoms with Crippen molar-refractivity contribution in [2.75, 3.05) is 31.1 Å². The molecule has 32 heavy (non-hydrogen) atoms. The Morgan fingerprint density at radius 3 is 2.47 bits per heavy atom. The van der Waals surface area contributed by atoms with E-state index in [2.05, 4.69) is 26.1 Å². The summed E-state index contributed by atoms with van der Waals surface area (Å²) in [7, 11) is 0. The number of hydrogen-bond acceptors (Lipinski definition) is 4. The second kappa shape index (κ2) is 8.65. The molecule has 0 atom stereocenters. The molecule has 0 spiro atoms. The standard InChI is InChI=1S/C25H29N3O4/c1-25(2,3)19-9-7-17(8-10-19)23(30)26-15-22(29)27-12-11-20-18(16-27)5-4-6-21(20)28-13-14-32-24(28)31/h4-10H,11-16H2,1-3H3,(H,26,30). The minimum absolute atomic E-state index is 0.0183. The molecule has 1 fully saturated rings. The molecular formula is C25H29N3O4. The Hall–Kier alpha value is -3.35. The number of benzene rings is 2. The molecule has 0 aliphatic carbocycles. The van der Waals surface area contributed by atoms with Gasteiger partial charge in [0.1, 0.15) is 6.61 Å². The van der Waals surface area contributed by atoms with E-state index in [1.165, 1.54) is 0 Å². The van der Waals surface area contributed by atoms with Crippen LogP contribution in [0.5, 0.6) is 0 Å². The van der Waals surface area contributed by atoms with Crippen LogP contribution in [0.25, 0.3) is 0 Å². The zero-order chi connectivity index (χ0) is 22.9. The van der Waals surface area contributed by atoms with Crippen molar-refractivity contribution < 1.29 is 19.1 Å². The summed E-state index contributed by atoms with van der Waals surface area (Å²) in [5, 5.41) is 2.74. The maximum atomic E-state index is 12.7. The second-order valence-electron chi connectivity index (χ2n) is 9.26. The summed E-state index contributed by atoms with van der Waals surface area (Å²) in [6.45, 7) is 8.26. The number of rotatable bonds is 4. The molecule has 2 aromatic carbocycles. The number of hydrogen-bond donors (Lipinski definition) is 1. The molecule has 2 aliphatic heterocycles. The molecular weight excluding hydrogens is 406 g/mol. The molecule has 4 rings (SSSR count). The highest BCUT2D eigenvalue weighted by atomic mass is 16.6. The van der Waals surface area contributed by atoms with E-state index in [0.717, 1.165) is 22.4 Å². The lowest BCUT2D eigenvalue weighted by atomic mass is 9.87. The van der Waals surface area contributed by atoms with E-state index in [1.54, 1.807) is 21.9 Å². The number of ether oxygens (including phenoxy) is 1. The minimum atomic E-state index is -0.324. The van der Waals surface area contributed by atoms with Gasteiger partial charge in [0.05, 0.1) is 18.8 Å². The first-order valence-corrected chi connectivity index (χ1v) is 11.0. The molecule has 3 amide bonds. The fraction of sp³-hybridized carbons (Fsp3) is 0.400. The van der Waals surface area contributed by atoms with Crippen LogP contribution in [0.15, 0.2) is 42.5 Å². The molecule has 0 bridgehead atoms. The zero-order valence-corrected chi connectivity index (χ0v) is 18.8. The van der Waals surface area contributed by atoms with E-state index in [1.807, 2.05) is 30.3 Å². The highest BCUT2D eigenvalue weighted by Gasteiger charge is 2.29. The average Bonchev–Trinajstić information content (AvgIpc) is 3.21. The van der Waals surface area contributed by atoms with Crippen LogP contribution in [0, 0.1) is 0 Å². The van der Waals surface area contributed by atoms with Gasteiger partial charge in [-0.05, 0) is 46.7 Å². The van der Waals surface area contributed by atoms with Gasteiger partial charge in [0, 0.05) is 18.7 Å². The lowest BCUT2D eigenvalue weighted by Crippen LogP contribution is -2.43. The molecule has 0 aromatic heterocycles. The Bertz CT molecular complexity index is 1040. The van der Waals surface area contributed by atoms with Crippen molar-refractivity contribution in [3.8, 4) is 0 Å². The molecule has 2 aliphatic rings. The molecule has 2 aromatic rings. The summed E-state index contributed by atoms with van der Waals surface area (Å²) >= 11 is 0. The fourth-order valence-electron chi connectivity index (χ4n) is 4.16. The van der Waals surface area contributed by atoms with Crippen molar-refractivity contribution in [3.05, 3.63) is 64.7 Å². The minimum Gasteiger partial charge on any atom is -0.447 e. The van der Waals surface area contributed by atoms with Crippen molar-refractivity contribution in [1.29, 1.82) is 0 Å². The maximum absolute atomic E-state index is 12.7. The summed E-state index contributed by atoms with van der Waals surface area (Å²) in [6, 6.07) is 13.3. The van der Waals surface area contributed by atoms with Gasteiger partial charge in [0.25, 0.3) is 5.91 Å². The first-order valence-electron chi connectivity index (χ1n) is 11.0. The number of carbonyl (C=O) groups excluding carboxylic acids is 3. The average molecular weight is 436 g/mol. The molecule has 1 N–H and O–H groups in total. The first kappa shape index (κ1) is 21.9. The summed E-state index contributed by atoms with van der Waals surface area (Å²) in [5.41, 5.74) is 4.67. The van der Waals surface area contributed by atoms with Gasteiger partial charge >= 0.3 is 6.09 Å². The van der Waals surface area contributed by atoms with Crippen LogP contribution < -0.4 is 10.2 Å². The highest BCUT2D eigenvalue weighted by Crippen LogP contribution is 2.30. The molecule has 0 saturated carbocycles. The van der Waals surface area contributed by atoms with E-state index in [4.69, 9.17) is 4.74 Å².